The number of aromatic nitrogens is 3. The van der Waals surface area contributed by atoms with Gasteiger partial charge in [-0.25, -0.2) is 9.78 Å². The number of methoxy groups -OCH3 is 1. The number of rotatable bonds is 8. The number of piperidine rings is 2. The summed E-state index contributed by atoms with van der Waals surface area (Å²) in [6.45, 7) is 10.2. The predicted molar refractivity (Wildman–Crippen MR) is 168 cm³/mol. The summed E-state index contributed by atoms with van der Waals surface area (Å²) in [4.78, 5) is 32.9. The first-order valence-electron chi connectivity index (χ1n) is 15.9. The van der Waals surface area contributed by atoms with Crippen molar-refractivity contribution in [1.29, 1.82) is 0 Å². The van der Waals surface area contributed by atoms with Crippen LogP contribution < -0.4 is 10.1 Å². The van der Waals surface area contributed by atoms with Gasteiger partial charge >= 0.3 is 12.3 Å². The molecule has 1 N–H and O–H groups in total. The first kappa shape index (κ1) is 33.5. The number of amides is 2. The molecule has 4 heterocycles. The molecule has 2 aliphatic rings. The summed E-state index contributed by atoms with van der Waals surface area (Å²) < 4.78 is 52.2. The standard InChI is InChI=1S/C33H43F3N6O4/c1-32(2,3)46-31(44)41-17-10-22(11-18-41)7-6-14-40-15-12-24(13-16-40)42-21-23-19-27(28(45-4)20-26(23)39-42)38-30(43)25-8-5-9-29(37-25)33(34,35)36/h5,8-9,19-22,24H,6-7,10-18H2,1-4H3,(H,38,43). The van der Waals surface area contributed by atoms with Crippen molar-refractivity contribution in [3.8, 4) is 5.75 Å². The monoisotopic (exact) mass is 644 g/mol. The summed E-state index contributed by atoms with van der Waals surface area (Å²) in [5, 5.41) is 8.21. The minimum atomic E-state index is -4.65. The summed E-state index contributed by atoms with van der Waals surface area (Å²) in [6.07, 6.45) is 3.34. The average molecular weight is 645 g/mol. The Balaban J connectivity index is 1.11. The van der Waals surface area contributed by atoms with Gasteiger partial charge in [0, 0.05) is 43.8 Å². The molecule has 2 fully saturated rings. The van der Waals surface area contributed by atoms with Gasteiger partial charge in [-0.2, -0.15) is 18.3 Å². The van der Waals surface area contributed by atoms with Gasteiger partial charge < -0.3 is 24.6 Å². The summed E-state index contributed by atoms with van der Waals surface area (Å²) in [5.74, 6) is 0.221. The Labute approximate surface area is 267 Å². The SMILES string of the molecule is COc1cc2nn(C3CCN(CCCC4CCN(C(=O)OC(C)(C)C)CC4)CC3)cc2cc1NC(=O)c1cccc(C(F)(F)F)n1. The zero-order valence-electron chi connectivity index (χ0n) is 26.9. The zero-order chi connectivity index (χ0) is 33.1. The molecular formula is C33H43F3N6O4. The van der Waals surface area contributed by atoms with E-state index in [0.717, 1.165) is 88.8 Å². The maximum atomic E-state index is 13.1. The Hall–Kier alpha value is -3.87. The fourth-order valence-electron chi connectivity index (χ4n) is 6.17. The molecule has 0 spiro atoms. The lowest BCUT2D eigenvalue weighted by Crippen LogP contribution is -2.41. The molecule has 2 aromatic heterocycles. The van der Waals surface area contributed by atoms with Gasteiger partial charge in [-0.15, -0.1) is 0 Å². The number of likely N-dealkylation sites (tertiary alicyclic amines) is 2. The smallest absolute Gasteiger partial charge is 0.433 e. The summed E-state index contributed by atoms with van der Waals surface area (Å²) in [5.41, 5.74) is -0.923. The maximum Gasteiger partial charge on any atom is 0.433 e. The van der Waals surface area contributed by atoms with Gasteiger partial charge in [-0.1, -0.05) is 6.07 Å². The summed E-state index contributed by atoms with van der Waals surface area (Å²) in [6, 6.07) is 6.88. The van der Waals surface area contributed by atoms with E-state index >= 15 is 0 Å². The van der Waals surface area contributed by atoms with Crippen molar-refractivity contribution < 1.29 is 32.2 Å². The molecular weight excluding hydrogens is 601 g/mol. The van der Waals surface area contributed by atoms with Crippen LogP contribution in [0.4, 0.5) is 23.7 Å². The Kier molecular flexibility index (Phi) is 10.1. The van der Waals surface area contributed by atoms with Gasteiger partial charge in [0.05, 0.1) is 24.4 Å². The Morgan fingerprint density at radius 3 is 2.39 bits per heavy atom. The Morgan fingerprint density at radius 1 is 1.02 bits per heavy atom. The highest BCUT2D eigenvalue weighted by Gasteiger charge is 2.33. The summed E-state index contributed by atoms with van der Waals surface area (Å²) >= 11 is 0. The van der Waals surface area contributed by atoms with E-state index in [4.69, 9.17) is 14.6 Å². The number of alkyl halides is 3. The van der Waals surface area contributed by atoms with E-state index in [2.05, 4.69) is 15.2 Å². The lowest BCUT2D eigenvalue weighted by Gasteiger charge is -2.34. The largest absolute Gasteiger partial charge is 0.494 e. The number of carbonyl (C=O) groups is 2. The third-order valence-corrected chi connectivity index (χ3v) is 8.65. The highest BCUT2D eigenvalue weighted by Crippen LogP contribution is 2.33. The molecule has 1 aromatic carbocycles. The van der Waals surface area contributed by atoms with Gasteiger partial charge in [-0.05, 0) is 90.0 Å². The molecule has 2 amide bonds. The number of halogens is 3. The van der Waals surface area contributed by atoms with Crippen LogP contribution in [-0.2, 0) is 10.9 Å². The summed E-state index contributed by atoms with van der Waals surface area (Å²) in [7, 11) is 1.46. The van der Waals surface area contributed by atoms with E-state index < -0.39 is 23.4 Å². The number of nitrogens with zero attached hydrogens (tertiary/aromatic N) is 5. The van der Waals surface area contributed by atoms with Crippen molar-refractivity contribution >= 4 is 28.6 Å². The molecule has 0 unspecified atom stereocenters. The lowest BCUT2D eigenvalue weighted by atomic mass is 9.92. The van der Waals surface area contributed by atoms with Gasteiger partial charge in [-0.3, -0.25) is 9.48 Å². The molecule has 0 aliphatic carbocycles. The van der Waals surface area contributed by atoms with E-state index in [0.29, 0.717) is 22.9 Å². The van der Waals surface area contributed by atoms with Crippen LogP contribution in [0.5, 0.6) is 5.75 Å². The zero-order valence-corrected chi connectivity index (χ0v) is 26.9. The van der Waals surface area contributed by atoms with Crippen LogP contribution in [0.1, 0.15) is 81.5 Å². The van der Waals surface area contributed by atoms with E-state index in [1.54, 1.807) is 12.1 Å². The number of hydrogen-bond acceptors (Lipinski definition) is 7. The van der Waals surface area contributed by atoms with Crippen molar-refractivity contribution in [2.75, 3.05) is 45.2 Å². The second-order valence-electron chi connectivity index (χ2n) is 13.2. The van der Waals surface area contributed by atoms with Crippen LogP contribution in [0.3, 0.4) is 0 Å². The van der Waals surface area contributed by atoms with Gasteiger partial charge in [0.25, 0.3) is 5.91 Å². The number of pyridine rings is 1. The van der Waals surface area contributed by atoms with Gasteiger partial charge in [0.15, 0.2) is 0 Å². The second-order valence-corrected chi connectivity index (χ2v) is 13.2. The lowest BCUT2D eigenvalue weighted by molar-refractivity contribution is -0.141. The normalized spacial score (nSPS) is 17.3. The van der Waals surface area contributed by atoms with Crippen LogP contribution in [0, 0.1) is 5.92 Å². The molecule has 3 aromatic rings. The molecule has 46 heavy (non-hydrogen) atoms. The number of anilines is 1. The topological polar surface area (TPSA) is 102 Å². The third-order valence-electron chi connectivity index (χ3n) is 8.65. The maximum absolute atomic E-state index is 13.1. The van der Waals surface area contributed by atoms with Crippen LogP contribution in [0.2, 0.25) is 0 Å². The molecule has 13 heteroatoms. The number of carbonyl (C=O) groups excluding carboxylic acids is 2. The third kappa shape index (κ3) is 8.48. The minimum Gasteiger partial charge on any atom is -0.494 e. The molecule has 2 saturated heterocycles. The molecule has 0 atom stereocenters. The second kappa shape index (κ2) is 13.9. The Bertz CT molecular complexity index is 1520. The number of hydrogen-bond donors (Lipinski definition) is 1. The molecule has 2 aliphatic heterocycles. The van der Waals surface area contributed by atoms with E-state index in [9.17, 15) is 22.8 Å². The van der Waals surface area contributed by atoms with Crippen molar-refractivity contribution in [3.63, 3.8) is 0 Å². The first-order valence-corrected chi connectivity index (χ1v) is 15.9. The minimum absolute atomic E-state index is 0.211. The van der Waals surface area contributed by atoms with Crippen molar-refractivity contribution in [3.05, 3.63) is 47.9 Å². The van der Waals surface area contributed by atoms with Crippen LogP contribution in [0.15, 0.2) is 36.5 Å². The van der Waals surface area contributed by atoms with Crippen LogP contribution >= 0.6 is 0 Å². The molecule has 0 saturated carbocycles. The van der Waals surface area contributed by atoms with Gasteiger partial charge in [0.2, 0.25) is 0 Å². The quantitative estimate of drug-likeness (QED) is 0.289. The highest BCUT2D eigenvalue weighted by molar-refractivity contribution is 6.05. The van der Waals surface area contributed by atoms with E-state index in [-0.39, 0.29) is 17.8 Å². The fourth-order valence-corrected chi connectivity index (χ4v) is 6.17. The molecule has 0 bridgehead atoms. The molecule has 0 radical (unpaired) electrons. The molecule has 10 nitrogen and oxygen atoms in total. The highest BCUT2D eigenvalue weighted by atomic mass is 19.4. The first-order chi connectivity index (χ1) is 21.8. The predicted octanol–water partition coefficient (Wildman–Crippen LogP) is 6.78. The molecule has 250 valence electrons. The van der Waals surface area contributed by atoms with E-state index in [1.807, 2.05) is 36.5 Å². The van der Waals surface area contributed by atoms with Crippen molar-refractivity contribution in [2.24, 2.45) is 5.92 Å². The number of nitrogens with one attached hydrogen (secondary N) is 1. The fraction of sp³-hybridized carbons (Fsp3) is 0.576. The van der Waals surface area contributed by atoms with Crippen LogP contribution in [-0.4, -0.2) is 82.0 Å². The van der Waals surface area contributed by atoms with Gasteiger partial charge in [0.1, 0.15) is 22.7 Å². The van der Waals surface area contributed by atoms with Crippen molar-refractivity contribution in [1.82, 2.24) is 24.6 Å². The van der Waals surface area contributed by atoms with Crippen LogP contribution in [0.25, 0.3) is 10.9 Å². The number of ether oxygens (including phenoxy) is 2. The number of fused-ring (bicyclic) bond motifs is 1. The average Bonchev–Trinajstić information content (AvgIpc) is 3.43. The molecule has 5 rings (SSSR count). The van der Waals surface area contributed by atoms with Crippen molar-refractivity contribution in [2.45, 2.75) is 77.1 Å². The van der Waals surface area contributed by atoms with E-state index in [1.165, 1.54) is 13.2 Å². The Morgan fingerprint density at radius 2 is 1.74 bits per heavy atom. The number of benzene rings is 1.